The van der Waals surface area contributed by atoms with Crippen molar-refractivity contribution in [2.75, 3.05) is 28.8 Å². The fourth-order valence-electron chi connectivity index (χ4n) is 3.62. The molecule has 2 aromatic carbocycles. The van der Waals surface area contributed by atoms with Gasteiger partial charge in [0.15, 0.2) is 15.0 Å². The predicted molar refractivity (Wildman–Crippen MR) is 116 cm³/mol. The lowest BCUT2D eigenvalue weighted by molar-refractivity contribution is 0.344. The number of nitrogens with zero attached hydrogens (tertiary/aromatic N) is 2. The number of aliphatic imine (C=N–C) groups is 1. The third-order valence-corrected chi connectivity index (χ3v) is 7.83. The van der Waals surface area contributed by atoms with Gasteiger partial charge in [0.05, 0.1) is 30.2 Å². The molecule has 2 aromatic rings. The average Bonchev–Trinajstić information content (AvgIpc) is 3.13. The van der Waals surface area contributed by atoms with E-state index in [2.05, 4.69) is 36.9 Å². The van der Waals surface area contributed by atoms with Crippen molar-refractivity contribution < 1.29 is 13.2 Å². The second-order valence-corrected chi connectivity index (χ2v) is 10.5. The fourth-order valence-corrected chi connectivity index (χ4v) is 6.40. The van der Waals surface area contributed by atoms with E-state index >= 15 is 0 Å². The van der Waals surface area contributed by atoms with E-state index in [4.69, 9.17) is 9.73 Å². The molecule has 2 heterocycles. The van der Waals surface area contributed by atoms with Crippen LogP contribution in [0.2, 0.25) is 0 Å². The van der Waals surface area contributed by atoms with Crippen LogP contribution < -0.4 is 9.64 Å². The maximum Gasteiger partial charge on any atom is 0.164 e. The number of amidine groups is 1. The number of hydrogen-bond donors (Lipinski definition) is 0. The molecule has 0 aliphatic carbocycles. The summed E-state index contributed by atoms with van der Waals surface area (Å²) in [6, 6.07) is 15.7. The standard InChI is InChI=1S/C21H24N2O3S2/c1-15-8-9-17(12-16(15)2)23-20-14-28(24,25)13-19(20)22-21(23)27-11-10-26-18-6-4-3-5-7-18/h3-9,12,19-20H,10-11,13-14H2,1-2H3/t19-,20+/m0/s1. The molecule has 2 aliphatic rings. The molecule has 2 aliphatic heterocycles. The number of anilines is 1. The van der Waals surface area contributed by atoms with Crippen molar-refractivity contribution >= 4 is 32.5 Å². The number of rotatable bonds is 5. The molecule has 0 spiro atoms. The quantitative estimate of drug-likeness (QED) is 0.699. The Morgan fingerprint density at radius 3 is 2.64 bits per heavy atom. The zero-order valence-corrected chi connectivity index (χ0v) is 17.7. The van der Waals surface area contributed by atoms with Crippen molar-refractivity contribution in [3.63, 3.8) is 0 Å². The molecule has 1 saturated heterocycles. The predicted octanol–water partition coefficient (Wildman–Crippen LogP) is 3.46. The van der Waals surface area contributed by atoms with E-state index in [0.29, 0.717) is 6.61 Å². The van der Waals surface area contributed by atoms with E-state index in [-0.39, 0.29) is 23.6 Å². The summed E-state index contributed by atoms with van der Waals surface area (Å²) in [6.45, 7) is 4.73. The number of fused-ring (bicyclic) bond motifs is 1. The number of thioether (sulfide) groups is 1. The largest absolute Gasteiger partial charge is 0.493 e. The first-order chi connectivity index (χ1) is 13.4. The van der Waals surface area contributed by atoms with Crippen molar-refractivity contribution in [2.24, 2.45) is 4.99 Å². The fraction of sp³-hybridized carbons (Fsp3) is 0.381. The maximum absolute atomic E-state index is 12.1. The van der Waals surface area contributed by atoms with Gasteiger partial charge in [-0.25, -0.2) is 8.42 Å². The SMILES string of the molecule is Cc1ccc(N2C(SCCOc3ccccc3)=N[C@H]3CS(=O)(=O)C[C@H]32)cc1C. The molecule has 0 unspecified atom stereocenters. The van der Waals surface area contributed by atoms with Crippen LogP contribution in [0, 0.1) is 13.8 Å². The molecule has 28 heavy (non-hydrogen) atoms. The topological polar surface area (TPSA) is 59.0 Å². The van der Waals surface area contributed by atoms with Crippen molar-refractivity contribution in [1.82, 2.24) is 0 Å². The van der Waals surface area contributed by atoms with Gasteiger partial charge in [-0.1, -0.05) is 36.0 Å². The Labute approximate surface area is 170 Å². The molecule has 0 bridgehead atoms. The Bertz CT molecular complexity index is 990. The van der Waals surface area contributed by atoms with Gasteiger partial charge in [-0.05, 0) is 49.2 Å². The number of aryl methyl sites for hydroxylation is 2. The van der Waals surface area contributed by atoms with Gasteiger partial charge in [0.2, 0.25) is 0 Å². The Morgan fingerprint density at radius 2 is 1.89 bits per heavy atom. The minimum atomic E-state index is -3.03. The zero-order chi connectivity index (χ0) is 19.7. The Kier molecular flexibility index (Phi) is 5.38. The molecule has 2 atom stereocenters. The Hall–Kier alpha value is -1.99. The van der Waals surface area contributed by atoms with Crippen LogP contribution in [0.15, 0.2) is 53.5 Å². The van der Waals surface area contributed by atoms with E-state index in [0.717, 1.165) is 22.4 Å². The molecule has 0 saturated carbocycles. The number of sulfone groups is 1. The highest BCUT2D eigenvalue weighted by molar-refractivity contribution is 8.14. The molecule has 5 nitrogen and oxygen atoms in total. The zero-order valence-electron chi connectivity index (χ0n) is 16.0. The number of ether oxygens (including phenoxy) is 1. The van der Waals surface area contributed by atoms with Crippen molar-refractivity contribution in [3.8, 4) is 5.75 Å². The molecule has 0 aromatic heterocycles. The highest BCUT2D eigenvalue weighted by Gasteiger charge is 2.47. The van der Waals surface area contributed by atoms with Gasteiger partial charge in [-0.2, -0.15) is 0 Å². The number of benzene rings is 2. The third-order valence-electron chi connectivity index (χ3n) is 5.20. The minimum Gasteiger partial charge on any atom is -0.493 e. The normalized spacial score (nSPS) is 22.8. The summed E-state index contributed by atoms with van der Waals surface area (Å²) in [6.07, 6.45) is 0. The Balaban J connectivity index is 1.49. The average molecular weight is 417 g/mol. The van der Waals surface area contributed by atoms with Crippen molar-refractivity contribution in [2.45, 2.75) is 25.9 Å². The molecule has 0 radical (unpaired) electrons. The van der Waals surface area contributed by atoms with Crippen molar-refractivity contribution in [1.29, 1.82) is 0 Å². The lowest BCUT2D eigenvalue weighted by atomic mass is 10.1. The lowest BCUT2D eigenvalue weighted by Crippen LogP contribution is -2.39. The van der Waals surface area contributed by atoms with Gasteiger partial charge in [0, 0.05) is 11.4 Å². The first-order valence-corrected chi connectivity index (χ1v) is 12.2. The van der Waals surface area contributed by atoms with E-state index in [9.17, 15) is 8.42 Å². The van der Waals surface area contributed by atoms with Gasteiger partial charge in [0.1, 0.15) is 5.75 Å². The maximum atomic E-state index is 12.1. The highest BCUT2D eigenvalue weighted by Crippen LogP contribution is 2.35. The molecule has 4 rings (SSSR count). The molecule has 0 N–H and O–H groups in total. The van der Waals surface area contributed by atoms with Gasteiger partial charge in [-0.15, -0.1) is 0 Å². The van der Waals surface area contributed by atoms with Gasteiger partial charge >= 0.3 is 0 Å². The smallest absolute Gasteiger partial charge is 0.164 e. The highest BCUT2D eigenvalue weighted by atomic mass is 32.2. The molecular weight excluding hydrogens is 392 g/mol. The summed E-state index contributed by atoms with van der Waals surface area (Å²) in [4.78, 5) is 6.89. The van der Waals surface area contributed by atoms with Crippen LogP contribution in [0.3, 0.4) is 0 Å². The van der Waals surface area contributed by atoms with Gasteiger partial charge in [-0.3, -0.25) is 4.99 Å². The van der Waals surface area contributed by atoms with E-state index in [1.165, 1.54) is 11.1 Å². The summed E-state index contributed by atoms with van der Waals surface area (Å²) in [5.41, 5.74) is 3.43. The van der Waals surface area contributed by atoms with E-state index in [1.54, 1.807) is 11.8 Å². The molecule has 0 amide bonds. The van der Waals surface area contributed by atoms with Gasteiger partial charge in [0.25, 0.3) is 0 Å². The van der Waals surface area contributed by atoms with Crippen LogP contribution >= 0.6 is 11.8 Å². The van der Waals surface area contributed by atoms with Crippen LogP contribution in [0.4, 0.5) is 5.69 Å². The molecule has 148 valence electrons. The van der Waals surface area contributed by atoms with Crippen LogP contribution in [0.1, 0.15) is 11.1 Å². The van der Waals surface area contributed by atoms with Crippen LogP contribution in [-0.4, -0.2) is 49.5 Å². The van der Waals surface area contributed by atoms with E-state index < -0.39 is 9.84 Å². The van der Waals surface area contributed by atoms with E-state index in [1.807, 2.05) is 30.3 Å². The van der Waals surface area contributed by atoms with Crippen molar-refractivity contribution in [3.05, 3.63) is 59.7 Å². The summed E-state index contributed by atoms with van der Waals surface area (Å²) >= 11 is 1.63. The summed E-state index contributed by atoms with van der Waals surface area (Å²) in [7, 11) is -3.03. The molecule has 1 fully saturated rings. The second kappa shape index (κ2) is 7.79. The minimum absolute atomic E-state index is 0.107. The number of para-hydroxylation sites is 1. The number of hydrogen-bond acceptors (Lipinski definition) is 6. The molecule has 7 heteroatoms. The van der Waals surface area contributed by atoms with Crippen LogP contribution in [0.25, 0.3) is 0 Å². The lowest BCUT2D eigenvalue weighted by Gasteiger charge is -2.27. The summed E-state index contributed by atoms with van der Waals surface area (Å²) in [5.74, 6) is 1.91. The second-order valence-electron chi connectivity index (χ2n) is 7.27. The molecular formula is C21H24N2O3S2. The monoisotopic (exact) mass is 416 g/mol. The summed E-state index contributed by atoms with van der Waals surface area (Å²) in [5, 5.41) is 0.893. The Morgan fingerprint density at radius 1 is 1.11 bits per heavy atom. The van der Waals surface area contributed by atoms with Crippen LogP contribution in [-0.2, 0) is 9.84 Å². The first-order valence-electron chi connectivity index (χ1n) is 9.38. The third kappa shape index (κ3) is 4.05. The first kappa shape index (κ1) is 19.3. The van der Waals surface area contributed by atoms with Gasteiger partial charge < -0.3 is 9.64 Å². The summed E-state index contributed by atoms with van der Waals surface area (Å²) < 4.78 is 30.1. The van der Waals surface area contributed by atoms with Crippen LogP contribution in [0.5, 0.6) is 5.75 Å².